The van der Waals surface area contributed by atoms with Crippen molar-refractivity contribution in [3.05, 3.63) is 41.7 Å². The molecule has 0 unspecified atom stereocenters. The van der Waals surface area contributed by atoms with E-state index < -0.39 is 0 Å². The van der Waals surface area contributed by atoms with Crippen molar-refractivity contribution in [1.29, 1.82) is 5.26 Å². The first-order valence-electron chi connectivity index (χ1n) is 4.59. The molecule has 2 N–H and O–H groups in total. The third-order valence-corrected chi connectivity index (χ3v) is 2.15. The minimum absolute atomic E-state index is 0.683. The van der Waals surface area contributed by atoms with Crippen molar-refractivity contribution in [2.45, 2.75) is 0 Å². The SMILES string of the molecule is N#CC(=C1NCCN1)c1ccccc1. The first-order chi connectivity index (χ1) is 6.92. The maximum atomic E-state index is 9.05. The molecule has 0 spiro atoms. The smallest absolute Gasteiger partial charge is 0.118 e. The zero-order valence-electron chi connectivity index (χ0n) is 7.75. The molecule has 0 amide bonds. The summed E-state index contributed by atoms with van der Waals surface area (Å²) in [6.07, 6.45) is 0. The van der Waals surface area contributed by atoms with Crippen LogP contribution in [0.4, 0.5) is 0 Å². The molecular formula is C11H11N3. The standard InChI is InChI=1S/C11H11N3/c12-8-10(11-13-6-7-14-11)9-4-2-1-3-5-9/h1-5,13-14H,6-7H2. The van der Waals surface area contributed by atoms with E-state index in [9.17, 15) is 0 Å². The first-order valence-corrected chi connectivity index (χ1v) is 4.59. The van der Waals surface area contributed by atoms with Gasteiger partial charge in [-0.05, 0) is 5.56 Å². The lowest BCUT2D eigenvalue weighted by Gasteiger charge is -2.04. The van der Waals surface area contributed by atoms with Gasteiger partial charge in [0, 0.05) is 13.1 Å². The van der Waals surface area contributed by atoms with Crippen molar-refractivity contribution < 1.29 is 0 Å². The molecule has 3 heteroatoms. The molecule has 1 saturated heterocycles. The Labute approximate surface area is 83.1 Å². The summed E-state index contributed by atoms with van der Waals surface area (Å²) in [6, 6.07) is 11.9. The Bertz CT molecular complexity index is 379. The Morgan fingerprint density at radius 2 is 1.79 bits per heavy atom. The molecular weight excluding hydrogens is 174 g/mol. The Kier molecular flexibility index (Phi) is 2.37. The molecule has 0 aromatic heterocycles. The normalized spacial score (nSPS) is 14.1. The fourth-order valence-corrected chi connectivity index (χ4v) is 1.48. The highest BCUT2D eigenvalue weighted by Gasteiger charge is 2.11. The van der Waals surface area contributed by atoms with Crippen molar-refractivity contribution in [2.24, 2.45) is 0 Å². The maximum Gasteiger partial charge on any atom is 0.118 e. The van der Waals surface area contributed by atoms with Crippen LogP contribution in [-0.4, -0.2) is 13.1 Å². The van der Waals surface area contributed by atoms with Crippen LogP contribution in [0.25, 0.3) is 5.57 Å². The minimum Gasteiger partial charge on any atom is -0.369 e. The molecule has 1 aliphatic heterocycles. The second-order valence-electron chi connectivity index (χ2n) is 3.08. The van der Waals surface area contributed by atoms with Crippen LogP contribution in [0.2, 0.25) is 0 Å². The topological polar surface area (TPSA) is 47.9 Å². The Hall–Kier alpha value is -1.95. The van der Waals surface area contributed by atoms with E-state index in [0.717, 1.165) is 24.5 Å². The van der Waals surface area contributed by atoms with Crippen molar-refractivity contribution >= 4 is 5.57 Å². The van der Waals surface area contributed by atoms with Gasteiger partial charge in [-0.15, -0.1) is 0 Å². The van der Waals surface area contributed by atoms with Crippen LogP contribution in [0.15, 0.2) is 36.2 Å². The van der Waals surface area contributed by atoms with Gasteiger partial charge in [0.15, 0.2) is 0 Å². The Morgan fingerprint density at radius 1 is 1.14 bits per heavy atom. The summed E-state index contributed by atoms with van der Waals surface area (Å²) in [5, 5.41) is 15.4. The van der Waals surface area contributed by atoms with Gasteiger partial charge in [-0.25, -0.2) is 0 Å². The lowest BCUT2D eigenvalue weighted by atomic mass is 10.1. The van der Waals surface area contributed by atoms with E-state index >= 15 is 0 Å². The highest BCUT2D eigenvalue weighted by molar-refractivity contribution is 5.78. The Balaban J connectivity index is 2.40. The summed E-state index contributed by atoms with van der Waals surface area (Å²) >= 11 is 0. The van der Waals surface area contributed by atoms with Gasteiger partial charge >= 0.3 is 0 Å². The monoisotopic (exact) mass is 185 g/mol. The summed E-state index contributed by atoms with van der Waals surface area (Å²) < 4.78 is 0. The van der Waals surface area contributed by atoms with Gasteiger partial charge in [-0.2, -0.15) is 5.26 Å². The van der Waals surface area contributed by atoms with Gasteiger partial charge in [-0.1, -0.05) is 30.3 Å². The second-order valence-corrected chi connectivity index (χ2v) is 3.08. The second kappa shape index (κ2) is 3.84. The molecule has 0 aliphatic carbocycles. The average Bonchev–Trinajstić information content (AvgIpc) is 2.74. The van der Waals surface area contributed by atoms with Crippen LogP contribution in [0, 0.1) is 11.3 Å². The highest BCUT2D eigenvalue weighted by Crippen LogP contribution is 2.15. The lowest BCUT2D eigenvalue weighted by Crippen LogP contribution is -2.12. The summed E-state index contributed by atoms with van der Waals surface area (Å²) in [7, 11) is 0. The first kappa shape index (κ1) is 8.64. The van der Waals surface area contributed by atoms with Gasteiger partial charge in [0.25, 0.3) is 0 Å². The molecule has 1 heterocycles. The van der Waals surface area contributed by atoms with Crippen molar-refractivity contribution in [3.8, 4) is 6.07 Å². The van der Waals surface area contributed by atoms with E-state index in [1.165, 1.54) is 0 Å². The van der Waals surface area contributed by atoms with E-state index in [0.29, 0.717) is 5.57 Å². The predicted octanol–water partition coefficient (Wildman–Crippen LogP) is 1.07. The molecule has 0 saturated carbocycles. The van der Waals surface area contributed by atoms with Crippen LogP contribution in [0.1, 0.15) is 5.56 Å². The van der Waals surface area contributed by atoms with Crippen LogP contribution in [-0.2, 0) is 0 Å². The molecule has 2 rings (SSSR count). The average molecular weight is 185 g/mol. The van der Waals surface area contributed by atoms with E-state index in [1.54, 1.807) is 0 Å². The molecule has 0 atom stereocenters. The highest BCUT2D eigenvalue weighted by atomic mass is 15.2. The van der Waals surface area contributed by atoms with Gasteiger partial charge in [0.05, 0.1) is 5.57 Å². The van der Waals surface area contributed by atoms with Crippen LogP contribution >= 0.6 is 0 Å². The van der Waals surface area contributed by atoms with Gasteiger partial charge in [-0.3, -0.25) is 0 Å². The molecule has 14 heavy (non-hydrogen) atoms. The largest absolute Gasteiger partial charge is 0.369 e. The van der Waals surface area contributed by atoms with E-state index in [2.05, 4.69) is 16.7 Å². The molecule has 3 nitrogen and oxygen atoms in total. The number of rotatable bonds is 1. The van der Waals surface area contributed by atoms with Crippen molar-refractivity contribution in [1.82, 2.24) is 10.6 Å². The number of nitrogens with zero attached hydrogens (tertiary/aromatic N) is 1. The number of hydrogen-bond acceptors (Lipinski definition) is 3. The van der Waals surface area contributed by atoms with E-state index in [1.807, 2.05) is 30.3 Å². The molecule has 0 bridgehead atoms. The van der Waals surface area contributed by atoms with E-state index in [4.69, 9.17) is 5.26 Å². The lowest BCUT2D eigenvalue weighted by molar-refractivity contribution is 0.942. The van der Waals surface area contributed by atoms with Gasteiger partial charge in [0.1, 0.15) is 11.9 Å². The quantitative estimate of drug-likeness (QED) is 0.643. The fraction of sp³-hybridized carbons (Fsp3) is 0.182. The molecule has 70 valence electrons. The zero-order chi connectivity index (χ0) is 9.80. The number of nitrogens with one attached hydrogen (secondary N) is 2. The number of benzene rings is 1. The van der Waals surface area contributed by atoms with Crippen LogP contribution in [0.5, 0.6) is 0 Å². The molecule has 0 radical (unpaired) electrons. The number of nitriles is 1. The molecule has 1 aromatic rings. The summed E-state index contributed by atoms with van der Waals surface area (Å²) in [5.74, 6) is 0.846. The van der Waals surface area contributed by atoms with Gasteiger partial charge in [0.2, 0.25) is 0 Å². The third-order valence-electron chi connectivity index (χ3n) is 2.15. The zero-order valence-corrected chi connectivity index (χ0v) is 7.75. The van der Waals surface area contributed by atoms with E-state index in [-0.39, 0.29) is 0 Å². The molecule has 1 aromatic carbocycles. The Morgan fingerprint density at radius 3 is 2.36 bits per heavy atom. The van der Waals surface area contributed by atoms with Crippen molar-refractivity contribution in [2.75, 3.05) is 13.1 Å². The fourth-order valence-electron chi connectivity index (χ4n) is 1.48. The van der Waals surface area contributed by atoms with Crippen LogP contribution < -0.4 is 10.6 Å². The number of allylic oxidation sites excluding steroid dienone is 1. The summed E-state index contributed by atoms with van der Waals surface area (Å²) in [4.78, 5) is 0. The summed E-state index contributed by atoms with van der Waals surface area (Å²) in [5.41, 5.74) is 1.63. The van der Waals surface area contributed by atoms with Crippen LogP contribution in [0.3, 0.4) is 0 Å². The maximum absolute atomic E-state index is 9.05. The van der Waals surface area contributed by atoms with Gasteiger partial charge < -0.3 is 10.6 Å². The predicted molar refractivity (Wildman–Crippen MR) is 55.0 cm³/mol. The summed E-state index contributed by atoms with van der Waals surface area (Å²) in [6.45, 7) is 1.76. The minimum atomic E-state index is 0.683. The third kappa shape index (κ3) is 1.55. The number of hydrogen-bond donors (Lipinski definition) is 2. The molecule has 1 fully saturated rings. The molecule has 1 aliphatic rings. The van der Waals surface area contributed by atoms with Crippen molar-refractivity contribution in [3.63, 3.8) is 0 Å².